The molecule has 8 heteroatoms. The molecule has 6 rings (SSSR count). The van der Waals surface area contributed by atoms with E-state index in [1.807, 2.05) is 12.1 Å². The molecule has 6 aromatic carbocycles. The van der Waals surface area contributed by atoms with E-state index in [-0.39, 0.29) is 151 Å². The second-order valence-electron chi connectivity index (χ2n) is 8.67. The maximum absolute atomic E-state index is 6.14. The molecule has 0 aliphatic carbocycles. The minimum Gasteiger partial charge on any atom is -0.479 e. The molecule has 0 saturated carbocycles. The van der Waals surface area contributed by atoms with Crippen LogP contribution < -0.4 is 9.05 Å². The molecule has 0 fully saturated rings. The Morgan fingerprint density at radius 1 is 0.400 bits per heavy atom. The smallest absolute Gasteiger partial charge is 0.138 e. The van der Waals surface area contributed by atoms with E-state index in [4.69, 9.17) is 9.05 Å². The number of hydrogen-bond donors (Lipinski definition) is 0. The topological polar surface area (TPSA) is 18.5 Å². The third-order valence-corrected chi connectivity index (χ3v) is 7.13. The van der Waals surface area contributed by atoms with Crippen LogP contribution in [0.25, 0.3) is 54.9 Å². The van der Waals surface area contributed by atoms with Gasteiger partial charge in [-0.05, 0) is 44.8 Å². The summed E-state index contributed by atoms with van der Waals surface area (Å²) in [6.07, 6.45) is 0. The molecule has 2 atom stereocenters. The predicted octanol–water partition coefficient (Wildman–Crippen LogP) is 9.33. The predicted molar refractivity (Wildman–Crippen MR) is 158 cm³/mol. The van der Waals surface area contributed by atoms with Gasteiger partial charge in [0.1, 0.15) is 11.5 Å². The first-order chi connectivity index (χ1) is 17.8. The Kier molecular flexibility index (Phi) is 16.6. The first kappa shape index (κ1) is 37.5. The number of rotatable bonds is 5. The Morgan fingerprint density at radius 3 is 1.07 bits per heavy atom. The van der Waals surface area contributed by atoms with Gasteiger partial charge in [-0.2, -0.15) is 0 Å². The number of fused-ring (bicyclic) bond motifs is 2. The molecule has 0 N–H and O–H groups in total. The molecule has 0 spiro atoms. The third-order valence-electron chi connectivity index (χ3n) is 6.66. The van der Waals surface area contributed by atoms with Crippen LogP contribution in [0.2, 0.25) is 0 Å². The fourth-order valence-corrected chi connectivity index (χ4v) is 5.55. The molecule has 0 aliphatic heterocycles. The average molecular weight is 662 g/mol. The van der Waals surface area contributed by atoms with E-state index in [1.54, 1.807) is 0 Å². The van der Waals surface area contributed by atoms with Gasteiger partial charge in [0.2, 0.25) is 0 Å². The van der Waals surface area contributed by atoms with E-state index in [9.17, 15) is 0 Å². The third kappa shape index (κ3) is 7.58. The maximum Gasteiger partial charge on any atom is 0.138 e. The van der Waals surface area contributed by atoms with Crippen LogP contribution in [0, 0.1) is 151 Å². The molecule has 0 saturated heterocycles. The zero-order valence-corrected chi connectivity index (χ0v) is 26.1. The van der Waals surface area contributed by atoms with Crippen LogP contribution in [0.15, 0.2) is 121 Å². The first-order valence-corrected chi connectivity index (χ1v) is 12.7. The standard InChI is InChI=1S/C32H24O2P2.4Ar/c35-33-31-27(21-11-3-1-4-12-21)19-23-15-7-9-17-25(23)29(31)30-26-18-10-8-16-24(26)20-28(32(30)34-36)22-13-5-2-6-14-22;;;;/h1-20H,35-36H2;;;;. The summed E-state index contributed by atoms with van der Waals surface area (Å²) >= 11 is 0. The van der Waals surface area contributed by atoms with Crippen LogP contribution in [0.4, 0.5) is 0 Å². The van der Waals surface area contributed by atoms with Gasteiger partial charge in [0.15, 0.2) is 0 Å². The summed E-state index contributed by atoms with van der Waals surface area (Å²) in [5, 5.41) is 4.49. The van der Waals surface area contributed by atoms with Crippen LogP contribution in [0.5, 0.6) is 11.5 Å². The second-order valence-corrected chi connectivity index (χ2v) is 9.14. The minimum absolute atomic E-state index is 0. The van der Waals surface area contributed by atoms with Crippen molar-refractivity contribution in [3.05, 3.63) is 121 Å². The van der Waals surface area contributed by atoms with E-state index >= 15 is 0 Å². The molecule has 0 bridgehead atoms. The van der Waals surface area contributed by atoms with E-state index in [1.165, 1.54) is 0 Å². The Balaban J connectivity index is 0.00000140. The average Bonchev–Trinajstić information content (AvgIpc) is 2.96. The Labute approximate surface area is 359 Å². The quantitative estimate of drug-likeness (QED) is 0.172. The van der Waals surface area contributed by atoms with Crippen molar-refractivity contribution in [3.8, 4) is 44.9 Å². The van der Waals surface area contributed by atoms with Crippen LogP contribution >= 0.6 is 18.9 Å². The SMILES string of the molecule is POc1c(-c2ccccc2)cc2ccccc2c1-c1c(OP)c(-c2ccccc2)cc2ccccc12.[Ar].[Ar].[Ar].[Ar]. The van der Waals surface area contributed by atoms with Gasteiger partial charge in [-0.25, -0.2) is 0 Å². The molecular weight excluding hydrogens is 638 g/mol. The summed E-state index contributed by atoms with van der Waals surface area (Å²) in [5.74, 6) is 1.59. The summed E-state index contributed by atoms with van der Waals surface area (Å²) in [7, 11) is 4.94. The fourth-order valence-electron chi connectivity index (χ4n) is 5.06. The van der Waals surface area contributed by atoms with E-state index < -0.39 is 0 Å². The minimum atomic E-state index is 0. The molecule has 0 radical (unpaired) electrons. The van der Waals surface area contributed by atoms with Crippen molar-refractivity contribution in [2.24, 2.45) is 0 Å². The summed E-state index contributed by atoms with van der Waals surface area (Å²) in [6, 6.07) is 42.1. The van der Waals surface area contributed by atoms with Crippen molar-refractivity contribution in [2.75, 3.05) is 0 Å². The Bertz CT molecular complexity index is 1590. The van der Waals surface area contributed by atoms with Crippen LogP contribution in [0.3, 0.4) is 0 Å². The van der Waals surface area contributed by atoms with Crippen molar-refractivity contribution >= 4 is 40.5 Å². The molecule has 0 aliphatic rings. The van der Waals surface area contributed by atoms with Gasteiger partial charge in [0, 0.05) is 173 Å². The van der Waals surface area contributed by atoms with Gasteiger partial charge in [-0.1, -0.05) is 109 Å². The summed E-state index contributed by atoms with van der Waals surface area (Å²) in [6.45, 7) is 0. The zero-order valence-electron chi connectivity index (χ0n) is 20.9. The Morgan fingerprint density at radius 2 is 0.725 bits per heavy atom. The number of benzene rings is 6. The van der Waals surface area contributed by atoms with Gasteiger partial charge >= 0.3 is 0 Å². The van der Waals surface area contributed by atoms with E-state index in [0.29, 0.717) is 0 Å². The van der Waals surface area contributed by atoms with Gasteiger partial charge < -0.3 is 9.05 Å². The van der Waals surface area contributed by atoms with Gasteiger partial charge in [0.05, 0.1) is 18.9 Å². The molecule has 6 aromatic rings. The Hall–Kier alpha value is 1.34. The molecular formula is C32H24Ar4O2P2. The number of hydrogen-bond acceptors (Lipinski definition) is 2. The molecule has 206 valence electrons. The van der Waals surface area contributed by atoms with Crippen LogP contribution in [-0.4, -0.2) is 0 Å². The largest absolute Gasteiger partial charge is 0.479 e. The van der Waals surface area contributed by atoms with Crippen molar-refractivity contribution in [1.29, 1.82) is 0 Å². The summed E-state index contributed by atoms with van der Waals surface area (Å²) in [4.78, 5) is 0. The first-order valence-electron chi connectivity index (χ1n) is 11.8. The molecule has 2 unspecified atom stereocenters. The maximum atomic E-state index is 6.14. The molecule has 2 nitrogen and oxygen atoms in total. The van der Waals surface area contributed by atoms with Gasteiger partial charge in [-0.15, -0.1) is 0 Å². The molecule has 40 heavy (non-hydrogen) atoms. The zero-order chi connectivity index (χ0) is 24.5. The van der Waals surface area contributed by atoms with Crippen molar-refractivity contribution < 1.29 is 160 Å². The van der Waals surface area contributed by atoms with Gasteiger partial charge in [-0.3, -0.25) is 0 Å². The normalized spacial score (nSPS) is 9.95. The van der Waals surface area contributed by atoms with E-state index in [0.717, 1.165) is 66.4 Å². The van der Waals surface area contributed by atoms with Gasteiger partial charge in [0.25, 0.3) is 0 Å². The second kappa shape index (κ2) is 17.7. The molecule has 0 heterocycles. The van der Waals surface area contributed by atoms with Crippen molar-refractivity contribution in [3.63, 3.8) is 0 Å². The summed E-state index contributed by atoms with van der Waals surface area (Å²) in [5.41, 5.74) is 6.27. The van der Waals surface area contributed by atoms with Crippen LogP contribution in [-0.2, 0) is 0 Å². The van der Waals surface area contributed by atoms with Crippen molar-refractivity contribution in [2.45, 2.75) is 0 Å². The van der Waals surface area contributed by atoms with Crippen molar-refractivity contribution in [1.82, 2.24) is 0 Å². The monoisotopic (exact) mass is 662 g/mol. The molecule has 0 aromatic heterocycles. The van der Waals surface area contributed by atoms with Crippen LogP contribution in [0.1, 0.15) is 0 Å². The summed E-state index contributed by atoms with van der Waals surface area (Å²) < 4.78 is 12.3. The molecule has 0 amide bonds. The fraction of sp³-hybridized carbons (Fsp3) is 0. The van der Waals surface area contributed by atoms with E-state index in [2.05, 4.69) is 128 Å².